The monoisotopic (exact) mass is 314 g/mol. The van der Waals surface area contributed by atoms with Gasteiger partial charge in [-0.1, -0.05) is 18.2 Å². The van der Waals surface area contributed by atoms with Crippen molar-refractivity contribution >= 4 is 17.2 Å². The number of rotatable bonds is 3. The Morgan fingerprint density at radius 2 is 1.95 bits per heavy atom. The van der Waals surface area contributed by atoms with E-state index in [9.17, 15) is 9.59 Å². The summed E-state index contributed by atoms with van der Waals surface area (Å²) >= 11 is 1.45. The van der Waals surface area contributed by atoms with Crippen LogP contribution < -0.4 is 11.3 Å². The molecule has 0 fully saturated rings. The fraction of sp³-hybridized carbons (Fsp3) is 0.133. The second-order valence-corrected chi connectivity index (χ2v) is 5.88. The van der Waals surface area contributed by atoms with Crippen LogP contribution >= 0.6 is 11.3 Å². The minimum Gasteiger partial charge on any atom is -0.365 e. The number of primary amides is 1. The smallest absolute Gasteiger partial charge is 0.284 e. The fourth-order valence-corrected chi connectivity index (χ4v) is 3.05. The third-order valence-corrected chi connectivity index (χ3v) is 4.15. The van der Waals surface area contributed by atoms with E-state index in [1.807, 2.05) is 30.5 Å². The number of amides is 1. The number of hydrogen-bond acceptors (Lipinski definition) is 4. The zero-order chi connectivity index (χ0) is 15.9. The van der Waals surface area contributed by atoms with E-state index in [2.05, 4.69) is 4.98 Å². The Hall–Kier alpha value is -2.67. The van der Waals surface area contributed by atoms with E-state index >= 15 is 0 Å². The van der Waals surface area contributed by atoms with Crippen LogP contribution in [0.25, 0.3) is 17.1 Å². The molecule has 6 nitrogen and oxygen atoms in total. The maximum Gasteiger partial charge on any atom is 0.284 e. The van der Waals surface area contributed by atoms with Gasteiger partial charge in [-0.05, 0) is 19.1 Å². The zero-order valence-electron chi connectivity index (χ0n) is 12.1. The number of thiazole rings is 1. The SMILES string of the molecule is Cc1nc(-c2c(C(N)=O)c(=O)n(-c3ccccc3)n2C)cs1. The van der Waals surface area contributed by atoms with Crippen LogP contribution in [0.1, 0.15) is 15.4 Å². The van der Waals surface area contributed by atoms with E-state index < -0.39 is 11.5 Å². The third kappa shape index (κ3) is 2.15. The first kappa shape index (κ1) is 14.3. The van der Waals surface area contributed by atoms with Gasteiger partial charge in [-0.15, -0.1) is 11.3 Å². The number of hydrogen-bond donors (Lipinski definition) is 1. The van der Waals surface area contributed by atoms with Crippen LogP contribution in [0.5, 0.6) is 0 Å². The number of carbonyl (C=O) groups excluding carboxylic acids is 1. The van der Waals surface area contributed by atoms with Crippen molar-refractivity contribution in [1.82, 2.24) is 14.3 Å². The van der Waals surface area contributed by atoms with Crippen molar-refractivity contribution in [1.29, 1.82) is 0 Å². The zero-order valence-corrected chi connectivity index (χ0v) is 12.9. The van der Waals surface area contributed by atoms with E-state index in [0.29, 0.717) is 17.1 Å². The first-order valence-corrected chi connectivity index (χ1v) is 7.48. The molecule has 0 radical (unpaired) electrons. The highest BCUT2D eigenvalue weighted by Crippen LogP contribution is 2.24. The summed E-state index contributed by atoms with van der Waals surface area (Å²) < 4.78 is 3.04. The Morgan fingerprint density at radius 3 is 2.50 bits per heavy atom. The number of nitrogens with two attached hydrogens (primary N) is 1. The molecular formula is C15H14N4O2S. The normalized spacial score (nSPS) is 10.8. The maximum absolute atomic E-state index is 12.6. The summed E-state index contributed by atoms with van der Waals surface area (Å²) in [7, 11) is 1.71. The lowest BCUT2D eigenvalue weighted by Crippen LogP contribution is -2.25. The minimum absolute atomic E-state index is 0.0448. The molecule has 0 aliphatic rings. The largest absolute Gasteiger partial charge is 0.365 e. The van der Waals surface area contributed by atoms with Crippen LogP contribution in [-0.2, 0) is 7.05 Å². The molecule has 0 unspecified atom stereocenters. The standard InChI is InChI=1S/C15H14N4O2S/c1-9-17-11(8-22-9)13-12(14(16)20)15(21)19(18(13)2)10-6-4-3-5-7-10/h3-8H,1-2H3,(H2,16,20). The molecule has 2 heterocycles. The second kappa shape index (κ2) is 5.27. The quantitative estimate of drug-likeness (QED) is 0.799. The number of aromatic nitrogens is 3. The van der Waals surface area contributed by atoms with Crippen molar-refractivity contribution in [3.63, 3.8) is 0 Å². The summed E-state index contributed by atoms with van der Waals surface area (Å²) in [6, 6.07) is 9.10. The highest BCUT2D eigenvalue weighted by atomic mass is 32.1. The molecule has 0 bridgehead atoms. The lowest BCUT2D eigenvalue weighted by atomic mass is 10.2. The molecule has 1 amide bonds. The van der Waals surface area contributed by atoms with Gasteiger partial charge in [-0.2, -0.15) is 0 Å². The molecule has 2 N–H and O–H groups in total. The minimum atomic E-state index is -0.754. The first-order valence-electron chi connectivity index (χ1n) is 6.60. The average Bonchev–Trinajstić information content (AvgIpc) is 3.01. The van der Waals surface area contributed by atoms with Crippen LogP contribution in [0.2, 0.25) is 0 Å². The molecule has 0 atom stereocenters. The second-order valence-electron chi connectivity index (χ2n) is 4.82. The van der Waals surface area contributed by atoms with E-state index in [0.717, 1.165) is 5.01 Å². The fourth-order valence-electron chi connectivity index (χ4n) is 2.45. The molecule has 0 saturated heterocycles. The Labute approximate surface area is 130 Å². The molecule has 0 spiro atoms. The summed E-state index contributed by atoms with van der Waals surface area (Å²) in [6.45, 7) is 1.87. The number of nitrogens with zero attached hydrogens (tertiary/aromatic N) is 3. The molecule has 7 heteroatoms. The van der Waals surface area contributed by atoms with Gasteiger partial charge in [0.2, 0.25) is 0 Å². The van der Waals surface area contributed by atoms with Gasteiger partial charge in [0.15, 0.2) is 0 Å². The molecule has 0 aliphatic carbocycles. The summed E-state index contributed by atoms with van der Waals surface area (Å²) in [6.07, 6.45) is 0. The summed E-state index contributed by atoms with van der Waals surface area (Å²) in [5, 5.41) is 2.66. The van der Waals surface area contributed by atoms with Crippen molar-refractivity contribution in [2.45, 2.75) is 6.92 Å². The Bertz CT molecular complexity index is 906. The van der Waals surface area contributed by atoms with Crippen LogP contribution in [0, 0.1) is 6.92 Å². The molecule has 3 aromatic rings. The third-order valence-electron chi connectivity index (χ3n) is 3.38. The summed E-state index contributed by atoms with van der Waals surface area (Å²) in [4.78, 5) is 28.8. The molecule has 3 rings (SSSR count). The Balaban J connectivity index is 2.36. The maximum atomic E-state index is 12.6. The number of para-hydroxylation sites is 1. The van der Waals surface area contributed by atoms with Crippen molar-refractivity contribution in [3.05, 3.63) is 56.6 Å². The predicted octanol–water partition coefficient (Wildman–Crippen LogP) is 1.71. The Kier molecular flexibility index (Phi) is 3.42. The topological polar surface area (TPSA) is 82.9 Å². The summed E-state index contributed by atoms with van der Waals surface area (Å²) in [5.41, 5.74) is 6.62. The molecule has 2 aromatic heterocycles. The number of aryl methyl sites for hydroxylation is 1. The highest BCUT2D eigenvalue weighted by Gasteiger charge is 2.25. The van der Waals surface area contributed by atoms with Gasteiger partial charge in [0.25, 0.3) is 11.5 Å². The number of benzene rings is 1. The predicted molar refractivity (Wildman–Crippen MR) is 85.4 cm³/mol. The first-order chi connectivity index (χ1) is 10.5. The van der Waals surface area contributed by atoms with E-state index in [1.165, 1.54) is 16.0 Å². The molecule has 1 aromatic carbocycles. The van der Waals surface area contributed by atoms with E-state index in [4.69, 9.17) is 5.73 Å². The molecule has 0 aliphatic heterocycles. The average molecular weight is 314 g/mol. The molecule has 112 valence electrons. The van der Waals surface area contributed by atoms with Crippen LogP contribution in [0.4, 0.5) is 0 Å². The lowest BCUT2D eigenvalue weighted by molar-refractivity contribution is 0.1000. The van der Waals surface area contributed by atoms with Crippen molar-refractivity contribution in [2.75, 3.05) is 0 Å². The van der Waals surface area contributed by atoms with Crippen molar-refractivity contribution < 1.29 is 4.79 Å². The molecule has 0 saturated carbocycles. The molecule has 22 heavy (non-hydrogen) atoms. The molecular weight excluding hydrogens is 300 g/mol. The summed E-state index contributed by atoms with van der Waals surface area (Å²) in [5.74, 6) is -0.754. The van der Waals surface area contributed by atoms with Crippen LogP contribution in [0.15, 0.2) is 40.5 Å². The van der Waals surface area contributed by atoms with Crippen LogP contribution in [0.3, 0.4) is 0 Å². The van der Waals surface area contributed by atoms with E-state index in [1.54, 1.807) is 23.9 Å². The van der Waals surface area contributed by atoms with Crippen molar-refractivity contribution in [2.24, 2.45) is 12.8 Å². The van der Waals surface area contributed by atoms with Gasteiger partial charge in [0.05, 0.1) is 10.7 Å². The van der Waals surface area contributed by atoms with Crippen LogP contribution in [-0.4, -0.2) is 20.3 Å². The van der Waals surface area contributed by atoms with Gasteiger partial charge in [-0.3, -0.25) is 14.3 Å². The lowest BCUT2D eigenvalue weighted by Gasteiger charge is -2.08. The Morgan fingerprint density at radius 1 is 1.27 bits per heavy atom. The van der Waals surface area contributed by atoms with E-state index in [-0.39, 0.29) is 5.56 Å². The van der Waals surface area contributed by atoms with Gasteiger partial charge in [0.1, 0.15) is 17.0 Å². The number of carbonyl (C=O) groups is 1. The van der Waals surface area contributed by atoms with Gasteiger partial charge >= 0.3 is 0 Å². The van der Waals surface area contributed by atoms with Gasteiger partial charge in [0, 0.05) is 12.4 Å². The van der Waals surface area contributed by atoms with Crippen molar-refractivity contribution in [3.8, 4) is 17.1 Å². The van der Waals surface area contributed by atoms with Gasteiger partial charge < -0.3 is 5.73 Å². The van der Waals surface area contributed by atoms with Gasteiger partial charge in [-0.25, -0.2) is 9.67 Å². The highest BCUT2D eigenvalue weighted by molar-refractivity contribution is 7.09.